The van der Waals surface area contributed by atoms with Gasteiger partial charge in [-0.15, -0.1) is 10.2 Å². The molecule has 0 aliphatic carbocycles. The largest absolute Gasteiger partial charge is 0.376 e. The van der Waals surface area contributed by atoms with E-state index < -0.39 is 0 Å². The molecular formula is C14H17N3O2S. The van der Waals surface area contributed by atoms with E-state index >= 15 is 0 Å². The van der Waals surface area contributed by atoms with Crippen LogP contribution in [0.25, 0.3) is 0 Å². The number of nitrogens with zero attached hydrogens (tertiary/aromatic N) is 2. The molecule has 106 valence electrons. The van der Waals surface area contributed by atoms with Gasteiger partial charge in [0.05, 0.1) is 25.9 Å². The molecule has 5 nitrogen and oxygen atoms in total. The summed E-state index contributed by atoms with van der Waals surface area (Å²) in [6.07, 6.45) is -0.0803. The minimum atomic E-state index is -0.0803. The van der Waals surface area contributed by atoms with Crippen molar-refractivity contribution in [2.24, 2.45) is 0 Å². The Morgan fingerprint density at radius 1 is 1.25 bits per heavy atom. The first-order chi connectivity index (χ1) is 9.88. The monoisotopic (exact) mass is 291 g/mol. The first kappa shape index (κ1) is 13.6. The van der Waals surface area contributed by atoms with E-state index in [0.29, 0.717) is 19.8 Å². The highest BCUT2D eigenvalue weighted by atomic mass is 32.1. The molecule has 0 radical (unpaired) electrons. The van der Waals surface area contributed by atoms with Crippen LogP contribution >= 0.6 is 11.3 Å². The van der Waals surface area contributed by atoms with Gasteiger partial charge in [0.25, 0.3) is 0 Å². The van der Waals surface area contributed by atoms with Crippen LogP contribution in [0.2, 0.25) is 0 Å². The van der Waals surface area contributed by atoms with E-state index in [1.165, 1.54) is 5.56 Å². The summed E-state index contributed by atoms with van der Waals surface area (Å²) in [4.78, 5) is 0. The second-order valence-electron chi connectivity index (χ2n) is 4.55. The van der Waals surface area contributed by atoms with Crippen molar-refractivity contribution in [2.45, 2.75) is 12.1 Å². The van der Waals surface area contributed by atoms with Gasteiger partial charge < -0.3 is 14.8 Å². The van der Waals surface area contributed by atoms with Gasteiger partial charge in [0.2, 0.25) is 0 Å². The number of hydrogen-bond acceptors (Lipinski definition) is 6. The lowest BCUT2D eigenvalue weighted by Crippen LogP contribution is -2.21. The Hall–Kier alpha value is -1.34. The smallest absolute Gasteiger partial charge is 0.148 e. The summed E-state index contributed by atoms with van der Waals surface area (Å²) in [6.45, 7) is 1.84. The lowest BCUT2D eigenvalue weighted by atomic mass is 10.1. The summed E-state index contributed by atoms with van der Waals surface area (Å²) in [6, 6.07) is 10.3. The molecule has 0 amide bonds. The number of ether oxygens (including phenoxy) is 2. The van der Waals surface area contributed by atoms with Gasteiger partial charge in [-0.25, -0.2) is 0 Å². The van der Waals surface area contributed by atoms with Crippen molar-refractivity contribution in [2.75, 3.05) is 26.9 Å². The number of aromatic nitrogens is 2. The summed E-state index contributed by atoms with van der Waals surface area (Å²) < 4.78 is 11.1. The fourth-order valence-corrected chi connectivity index (χ4v) is 3.22. The van der Waals surface area contributed by atoms with Crippen LogP contribution in [0, 0.1) is 0 Å². The Kier molecular flexibility index (Phi) is 4.37. The molecule has 20 heavy (non-hydrogen) atoms. The maximum atomic E-state index is 5.66. The van der Waals surface area contributed by atoms with Crippen molar-refractivity contribution in [1.82, 2.24) is 15.5 Å². The van der Waals surface area contributed by atoms with E-state index in [-0.39, 0.29) is 12.1 Å². The van der Waals surface area contributed by atoms with E-state index in [4.69, 9.17) is 9.47 Å². The molecule has 0 spiro atoms. The molecule has 2 aromatic rings. The molecule has 1 N–H and O–H groups in total. The van der Waals surface area contributed by atoms with Crippen LogP contribution in [0.4, 0.5) is 0 Å². The summed E-state index contributed by atoms with van der Waals surface area (Å²) in [7, 11) is 1.93. The molecule has 2 unspecified atom stereocenters. The van der Waals surface area contributed by atoms with Crippen LogP contribution < -0.4 is 5.32 Å². The number of nitrogens with one attached hydrogen (secondary N) is 1. The molecule has 6 heteroatoms. The molecule has 1 aliphatic rings. The average Bonchev–Trinajstić information content (AvgIpc) is 3.00. The lowest BCUT2D eigenvalue weighted by molar-refractivity contribution is -0.0903. The van der Waals surface area contributed by atoms with Gasteiger partial charge >= 0.3 is 0 Å². The molecule has 1 aromatic carbocycles. The first-order valence-electron chi connectivity index (χ1n) is 6.63. The minimum Gasteiger partial charge on any atom is -0.376 e. The maximum Gasteiger partial charge on any atom is 0.148 e. The van der Waals surface area contributed by atoms with Gasteiger partial charge in [0.1, 0.15) is 16.1 Å². The predicted octanol–water partition coefficient (Wildman–Crippen LogP) is 1.93. The fourth-order valence-electron chi connectivity index (χ4n) is 2.20. The molecule has 1 fully saturated rings. The molecule has 2 atom stereocenters. The van der Waals surface area contributed by atoms with Gasteiger partial charge in [-0.2, -0.15) is 0 Å². The van der Waals surface area contributed by atoms with Crippen molar-refractivity contribution in [3.8, 4) is 0 Å². The van der Waals surface area contributed by atoms with Crippen LogP contribution in [0.15, 0.2) is 30.3 Å². The van der Waals surface area contributed by atoms with Gasteiger partial charge in [0.15, 0.2) is 0 Å². The summed E-state index contributed by atoms with van der Waals surface area (Å²) in [5.41, 5.74) is 1.18. The summed E-state index contributed by atoms with van der Waals surface area (Å²) in [5, 5.41) is 13.7. The van der Waals surface area contributed by atoms with E-state index in [0.717, 1.165) is 10.0 Å². The van der Waals surface area contributed by atoms with Crippen molar-refractivity contribution in [3.05, 3.63) is 45.9 Å². The third-order valence-corrected chi connectivity index (χ3v) is 4.30. The van der Waals surface area contributed by atoms with Crippen molar-refractivity contribution in [3.63, 3.8) is 0 Å². The highest BCUT2D eigenvalue weighted by Crippen LogP contribution is 2.29. The zero-order valence-corrected chi connectivity index (χ0v) is 12.1. The number of hydrogen-bond donors (Lipinski definition) is 1. The lowest BCUT2D eigenvalue weighted by Gasteiger charge is -2.20. The van der Waals surface area contributed by atoms with Crippen molar-refractivity contribution < 1.29 is 9.47 Å². The number of rotatable bonds is 4. The topological polar surface area (TPSA) is 56.3 Å². The Balaban J connectivity index is 1.81. The van der Waals surface area contributed by atoms with E-state index in [1.807, 2.05) is 25.2 Å². The third-order valence-electron chi connectivity index (χ3n) is 3.22. The second-order valence-corrected chi connectivity index (χ2v) is 5.59. The standard InChI is InChI=1S/C14H17N3O2S/c1-15-12(10-5-3-2-4-6-10)14-17-16-13(20-14)11-9-18-7-8-19-11/h2-6,11-12,15H,7-9H2,1H3. The van der Waals surface area contributed by atoms with Crippen LogP contribution in [-0.2, 0) is 9.47 Å². The molecule has 0 bridgehead atoms. The van der Waals surface area contributed by atoms with E-state index in [2.05, 4.69) is 27.6 Å². The van der Waals surface area contributed by atoms with Crippen molar-refractivity contribution in [1.29, 1.82) is 0 Å². The predicted molar refractivity (Wildman–Crippen MR) is 76.8 cm³/mol. The quantitative estimate of drug-likeness (QED) is 0.933. The van der Waals surface area contributed by atoms with Crippen LogP contribution in [0.3, 0.4) is 0 Å². The zero-order chi connectivity index (χ0) is 13.8. The fraction of sp³-hybridized carbons (Fsp3) is 0.429. The van der Waals surface area contributed by atoms with E-state index in [1.54, 1.807) is 11.3 Å². The Morgan fingerprint density at radius 3 is 2.80 bits per heavy atom. The van der Waals surface area contributed by atoms with Gasteiger partial charge in [-0.1, -0.05) is 41.7 Å². The normalized spacial score (nSPS) is 20.8. The average molecular weight is 291 g/mol. The third kappa shape index (κ3) is 2.88. The Labute approximate surface area is 121 Å². The molecule has 2 heterocycles. The van der Waals surface area contributed by atoms with Gasteiger partial charge in [-0.05, 0) is 12.6 Å². The molecule has 3 rings (SSSR count). The van der Waals surface area contributed by atoms with Gasteiger partial charge in [-0.3, -0.25) is 0 Å². The summed E-state index contributed by atoms with van der Waals surface area (Å²) >= 11 is 1.58. The van der Waals surface area contributed by atoms with Crippen LogP contribution in [-0.4, -0.2) is 37.1 Å². The van der Waals surface area contributed by atoms with Crippen LogP contribution in [0.1, 0.15) is 27.7 Å². The Morgan fingerprint density at radius 2 is 2.10 bits per heavy atom. The SMILES string of the molecule is CNC(c1ccccc1)c1nnc(C2COCCO2)s1. The maximum absolute atomic E-state index is 5.66. The first-order valence-corrected chi connectivity index (χ1v) is 7.45. The second kappa shape index (κ2) is 6.41. The van der Waals surface area contributed by atoms with Crippen LogP contribution in [0.5, 0.6) is 0 Å². The molecule has 1 aromatic heterocycles. The molecule has 1 aliphatic heterocycles. The highest BCUT2D eigenvalue weighted by molar-refractivity contribution is 7.11. The number of benzene rings is 1. The molecule has 0 saturated carbocycles. The van der Waals surface area contributed by atoms with Crippen molar-refractivity contribution >= 4 is 11.3 Å². The van der Waals surface area contributed by atoms with E-state index in [9.17, 15) is 0 Å². The minimum absolute atomic E-state index is 0.0620. The molecule has 1 saturated heterocycles. The van der Waals surface area contributed by atoms with Gasteiger partial charge in [0, 0.05) is 0 Å². The Bertz CT molecular complexity index is 540. The molecular weight excluding hydrogens is 274 g/mol. The zero-order valence-electron chi connectivity index (χ0n) is 11.3. The summed E-state index contributed by atoms with van der Waals surface area (Å²) in [5.74, 6) is 0. The highest BCUT2D eigenvalue weighted by Gasteiger charge is 2.23.